The van der Waals surface area contributed by atoms with Crippen molar-refractivity contribution in [3.63, 3.8) is 0 Å². The van der Waals surface area contributed by atoms with Gasteiger partial charge in [-0.25, -0.2) is 0 Å². The van der Waals surface area contributed by atoms with Crippen molar-refractivity contribution >= 4 is 11.6 Å². The minimum Gasteiger partial charge on any atom is -0.330 e. The third-order valence-electron chi connectivity index (χ3n) is 3.82. The first-order chi connectivity index (χ1) is 8.91. The zero-order chi connectivity index (χ0) is 14.0. The Labute approximate surface area is 115 Å². The van der Waals surface area contributed by atoms with Crippen LogP contribution in [0.25, 0.3) is 0 Å². The van der Waals surface area contributed by atoms with Crippen molar-refractivity contribution in [1.29, 1.82) is 0 Å². The molecule has 1 aromatic rings. The second-order valence-electron chi connectivity index (χ2n) is 6.44. The molecule has 0 bridgehead atoms. The lowest BCUT2D eigenvalue weighted by Crippen LogP contribution is -2.30. The molecule has 1 atom stereocenters. The number of carbonyl (C=O) groups is 1. The van der Waals surface area contributed by atoms with E-state index >= 15 is 0 Å². The van der Waals surface area contributed by atoms with Crippen LogP contribution < -0.4 is 11.1 Å². The highest BCUT2D eigenvalue weighted by Gasteiger charge is 2.26. The fourth-order valence-corrected chi connectivity index (χ4v) is 2.54. The minimum atomic E-state index is 0.0752. The van der Waals surface area contributed by atoms with E-state index in [2.05, 4.69) is 38.2 Å². The van der Waals surface area contributed by atoms with Gasteiger partial charge < -0.3 is 11.1 Å². The van der Waals surface area contributed by atoms with Crippen molar-refractivity contribution in [3.8, 4) is 0 Å². The maximum absolute atomic E-state index is 12.0. The first-order valence-electron chi connectivity index (χ1n) is 7.06. The first kappa shape index (κ1) is 14.1. The standard InChI is InChI=1S/C16H24N2O/c1-16(2,3)13-6-7-14-12(10-13)9-11(5-4-8-17)15(19)18-14/h6-7,10-11H,4-5,8-9,17H2,1-3H3,(H,18,19). The van der Waals surface area contributed by atoms with Crippen LogP contribution in [0, 0.1) is 5.92 Å². The van der Waals surface area contributed by atoms with Gasteiger partial charge in [-0.3, -0.25) is 4.79 Å². The smallest absolute Gasteiger partial charge is 0.227 e. The highest BCUT2D eigenvalue weighted by Crippen LogP contribution is 2.32. The molecule has 1 aromatic carbocycles. The second kappa shape index (κ2) is 5.33. The summed E-state index contributed by atoms with van der Waals surface area (Å²) in [5, 5.41) is 3.02. The first-order valence-corrected chi connectivity index (χ1v) is 7.06. The van der Waals surface area contributed by atoms with Crippen LogP contribution in [0.5, 0.6) is 0 Å². The summed E-state index contributed by atoms with van der Waals surface area (Å²) >= 11 is 0. The largest absolute Gasteiger partial charge is 0.330 e. The predicted molar refractivity (Wildman–Crippen MR) is 79.3 cm³/mol. The summed E-state index contributed by atoms with van der Waals surface area (Å²) in [7, 11) is 0. The molecule has 0 radical (unpaired) electrons. The van der Waals surface area contributed by atoms with Crippen LogP contribution in [-0.4, -0.2) is 12.5 Å². The number of nitrogens with one attached hydrogen (secondary N) is 1. The van der Waals surface area contributed by atoms with E-state index in [4.69, 9.17) is 5.73 Å². The normalized spacial score (nSPS) is 18.9. The third kappa shape index (κ3) is 3.16. The van der Waals surface area contributed by atoms with Crippen LogP contribution in [0.4, 0.5) is 5.69 Å². The van der Waals surface area contributed by atoms with E-state index in [-0.39, 0.29) is 17.2 Å². The maximum atomic E-state index is 12.0. The molecule has 0 aliphatic carbocycles. The van der Waals surface area contributed by atoms with Crippen LogP contribution >= 0.6 is 0 Å². The number of nitrogens with two attached hydrogens (primary N) is 1. The fraction of sp³-hybridized carbons (Fsp3) is 0.562. The summed E-state index contributed by atoms with van der Waals surface area (Å²) in [6.07, 6.45) is 2.62. The quantitative estimate of drug-likeness (QED) is 0.878. The van der Waals surface area contributed by atoms with Crippen molar-refractivity contribution in [2.45, 2.75) is 45.4 Å². The van der Waals surface area contributed by atoms with Gasteiger partial charge in [0.25, 0.3) is 0 Å². The van der Waals surface area contributed by atoms with E-state index in [1.54, 1.807) is 0 Å². The SMILES string of the molecule is CC(C)(C)c1ccc2c(c1)CC(CCCN)C(=O)N2. The van der Waals surface area contributed by atoms with Gasteiger partial charge in [-0.05, 0) is 48.4 Å². The molecule has 1 aliphatic rings. The molecule has 1 unspecified atom stereocenters. The summed E-state index contributed by atoms with van der Waals surface area (Å²) < 4.78 is 0. The highest BCUT2D eigenvalue weighted by molar-refractivity contribution is 5.95. The number of amides is 1. The average molecular weight is 260 g/mol. The van der Waals surface area contributed by atoms with Crippen LogP contribution in [0.2, 0.25) is 0 Å². The topological polar surface area (TPSA) is 55.1 Å². The van der Waals surface area contributed by atoms with E-state index < -0.39 is 0 Å². The van der Waals surface area contributed by atoms with E-state index in [9.17, 15) is 4.79 Å². The van der Waals surface area contributed by atoms with Gasteiger partial charge in [0.2, 0.25) is 5.91 Å². The number of hydrogen-bond donors (Lipinski definition) is 2. The van der Waals surface area contributed by atoms with Gasteiger partial charge in [-0.15, -0.1) is 0 Å². The zero-order valence-electron chi connectivity index (χ0n) is 12.1. The van der Waals surface area contributed by atoms with E-state index in [1.807, 2.05) is 6.07 Å². The molecule has 1 aliphatic heterocycles. The average Bonchev–Trinajstić information content (AvgIpc) is 2.34. The highest BCUT2D eigenvalue weighted by atomic mass is 16.1. The molecule has 1 amide bonds. The Morgan fingerprint density at radius 2 is 2.11 bits per heavy atom. The summed E-state index contributed by atoms with van der Waals surface area (Å²) in [5.41, 5.74) is 9.23. The zero-order valence-corrected chi connectivity index (χ0v) is 12.1. The molecular formula is C16H24N2O. The summed E-state index contributed by atoms with van der Waals surface area (Å²) in [4.78, 5) is 12.0. The van der Waals surface area contributed by atoms with Crippen LogP contribution in [0.1, 0.15) is 44.7 Å². The number of rotatable bonds is 3. The molecule has 0 saturated carbocycles. The fourth-order valence-electron chi connectivity index (χ4n) is 2.54. The van der Waals surface area contributed by atoms with Gasteiger partial charge in [-0.2, -0.15) is 0 Å². The number of anilines is 1. The molecule has 3 nitrogen and oxygen atoms in total. The Balaban J connectivity index is 2.23. The van der Waals surface area contributed by atoms with E-state index in [1.165, 1.54) is 11.1 Å². The Morgan fingerprint density at radius 3 is 2.74 bits per heavy atom. The molecule has 104 valence electrons. The molecule has 0 spiro atoms. The molecule has 2 rings (SSSR count). The van der Waals surface area contributed by atoms with Gasteiger partial charge in [0, 0.05) is 11.6 Å². The van der Waals surface area contributed by atoms with Gasteiger partial charge in [0.15, 0.2) is 0 Å². The molecule has 3 heteroatoms. The van der Waals surface area contributed by atoms with Crippen LogP contribution in [0.3, 0.4) is 0 Å². The van der Waals surface area contributed by atoms with Gasteiger partial charge in [0.05, 0.1) is 0 Å². The number of carbonyl (C=O) groups excluding carboxylic acids is 1. The Kier molecular flexibility index (Phi) is 3.95. The van der Waals surface area contributed by atoms with E-state index in [0.29, 0.717) is 6.54 Å². The number of benzene rings is 1. The van der Waals surface area contributed by atoms with Crippen molar-refractivity contribution < 1.29 is 4.79 Å². The lowest BCUT2D eigenvalue weighted by atomic mass is 9.82. The summed E-state index contributed by atoms with van der Waals surface area (Å²) in [6, 6.07) is 6.39. The molecule has 1 heterocycles. The molecule has 3 N–H and O–H groups in total. The lowest BCUT2D eigenvalue weighted by molar-refractivity contribution is -0.120. The lowest BCUT2D eigenvalue weighted by Gasteiger charge is -2.27. The molecule has 0 fully saturated rings. The Hall–Kier alpha value is -1.35. The van der Waals surface area contributed by atoms with Gasteiger partial charge in [-0.1, -0.05) is 32.9 Å². The third-order valence-corrected chi connectivity index (χ3v) is 3.82. The van der Waals surface area contributed by atoms with Crippen LogP contribution in [-0.2, 0) is 16.6 Å². The molecule has 0 aromatic heterocycles. The maximum Gasteiger partial charge on any atom is 0.227 e. The van der Waals surface area contributed by atoms with Crippen molar-refractivity contribution in [2.24, 2.45) is 11.7 Å². The Morgan fingerprint density at radius 1 is 1.37 bits per heavy atom. The molecular weight excluding hydrogens is 236 g/mol. The molecule has 19 heavy (non-hydrogen) atoms. The van der Waals surface area contributed by atoms with Crippen molar-refractivity contribution in [2.75, 3.05) is 11.9 Å². The monoisotopic (exact) mass is 260 g/mol. The second-order valence-corrected chi connectivity index (χ2v) is 6.44. The van der Waals surface area contributed by atoms with Crippen molar-refractivity contribution in [3.05, 3.63) is 29.3 Å². The number of hydrogen-bond acceptors (Lipinski definition) is 2. The predicted octanol–water partition coefficient (Wildman–Crippen LogP) is 2.83. The molecule has 0 saturated heterocycles. The summed E-state index contributed by atoms with van der Waals surface area (Å²) in [5.74, 6) is 0.218. The van der Waals surface area contributed by atoms with Crippen molar-refractivity contribution in [1.82, 2.24) is 0 Å². The van der Waals surface area contributed by atoms with Gasteiger partial charge in [0.1, 0.15) is 0 Å². The Bertz CT molecular complexity index is 474. The minimum absolute atomic E-state index is 0.0752. The summed E-state index contributed by atoms with van der Waals surface area (Å²) in [6.45, 7) is 7.28. The van der Waals surface area contributed by atoms with E-state index in [0.717, 1.165) is 24.9 Å². The van der Waals surface area contributed by atoms with Crippen LogP contribution in [0.15, 0.2) is 18.2 Å². The van der Waals surface area contributed by atoms with Gasteiger partial charge >= 0.3 is 0 Å². The number of fused-ring (bicyclic) bond motifs is 1.